The van der Waals surface area contributed by atoms with Crippen LogP contribution in [0.3, 0.4) is 0 Å². The second-order valence-corrected chi connectivity index (χ2v) is 5.89. The molecule has 1 aliphatic heterocycles. The molecule has 1 saturated heterocycles. The first-order valence-corrected chi connectivity index (χ1v) is 6.89. The predicted molar refractivity (Wildman–Crippen MR) is 74.4 cm³/mol. The van der Waals surface area contributed by atoms with Gasteiger partial charge in [0.15, 0.2) is 0 Å². The van der Waals surface area contributed by atoms with Crippen molar-refractivity contribution in [1.29, 1.82) is 0 Å². The molecule has 1 heterocycles. The van der Waals surface area contributed by atoms with Crippen molar-refractivity contribution in [3.63, 3.8) is 0 Å². The number of ether oxygens (including phenoxy) is 1. The quantitative estimate of drug-likeness (QED) is 0.738. The molecule has 0 bridgehead atoms. The topological polar surface area (TPSA) is 114 Å². The van der Waals surface area contributed by atoms with E-state index in [1.165, 1.54) is 0 Å². The summed E-state index contributed by atoms with van der Waals surface area (Å²) in [7, 11) is 0. The van der Waals surface area contributed by atoms with Gasteiger partial charge in [0.05, 0.1) is 0 Å². The number of hydrogen-bond donors (Lipinski definition) is 2. The minimum absolute atomic E-state index is 0.0305. The van der Waals surface area contributed by atoms with Crippen molar-refractivity contribution in [2.45, 2.75) is 52.2 Å². The maximum atomic E-state index is 11.5. The van der Waals surface area contributed by atoms with E-state index in [4.69, 9.17) is 4.74 Å². The van der Waals surface area contributed by atoms with Gasteiger partial charge in [-0.05, 0) is 27.7 Å². The summed E-state index contributed by atoms with van der Waals surface area (Å²) >= 11 is 0. The Labute approximate surface area is 128 Å². The number of hydroxylamine groups is 2. The Hall–Kier alpha value is -2.32. The number of hydrogen-bond acceptors (Lipinski definition) is 6. The Kier molecular flexibility index (Phi) is 5.72. The summed E-state index contributed by atoms with van der Waals surface area (Å²) in [5.41, 5.74) is -0.618. The van der Waals surface area contributed by atoms with Crippen LogP contribution in [0.15, 0.2) is 0 Å². The maximum Gasteiger partial charge on any atom is 0.432 e. The molecule has 1 aliphatic rings. The monoisotopic (exact) mass is 315 g/mol. The number of rotatable bonds is 4. The molecule has 0 aromatic rings. The van der Waals surface area contributed by atoms with E-state index in [-0.39, 0.29) is 19.4 Å². The molecule has 0 unspecified atom stereocenters. The molecule has 0 radical (unpaired) electrons. The van der Waals surface area contributed by atoms with Crippen LogP contribution in [0.4, 0.5) is 9.59 Å². The van der Waals surface area contributed by atoms with Crippen LogP contribution in [0.25, 0.3) is 0 Å². The minimum atomic E-state index is -0.943. The standard InChI is InChI=1S/C13H21N3O6/c1-8(15-12(20)21-13(2,3)4)7-14-11(19)22-16-9(17)5-6-10(16)18/h8H,5-7H2,1-4H3,(H,14,19)(H,15,20)/t8-/m1/s1. The largest absolute Gasteiger partial charge is 0.444 e. The van der Waals surface area contributed by atoms with E-state index < -0.39 is 35.6 Å². The molecule has 0 aromatic carbocycles. The zero-order valence-electron chi connectivity index (χ0n) is 13.1. The highest BCUT2D eigenvalue weighted by Crippen LogP contribution is 2.11. The van der Waals surface area contributed by atoms with Crippen LogP contribution in [-0.2, 0) is 19.2 Å². The molecule has 124 valence electrons. The van der Waals surface area contributed by atoms with Crippen molar-refractivity contribution in [2.75, 3.05) is 6.54 Å². The van der Waals surface area contributed by atoms with Gasteiger partial charge >= 0.3 is 12.2 Å². The molecule has 1 atom stereocenters. The first kappa shape index (κ1) is 17.7. The van der Waals surface area contributed by atoms with Crippen molar-refractivity contribution < 1.29 is 28.8 Å². The summed E-state index contributed by atoms with van der Waals surface area (Å²) in [5, 5.41) is 5.31. The van der Waals surface area contributed by atoms with Gasteiger partial charge in [-0.25, -0.2) is 9.59 Å². The summed E-state index contributed by atoms with van der Waals surface area (Å²) in [4.78, 5) is 50.1. The second-order valence-electron chi connectivity index (χ2n) is 5.89. The first-order chi connectivity index (χ1) is 10.1. The molecular weight excluding hydrogens is 294 g/mol. The Morgan fingerprint density at radius 3 is 2.23 bits per heavy atom. The van der Waals surface area contributed by atoms with Gasteiger partial charge in [-0.15, -0.1) is 5.06 Å². The maximum absolute atomic E-state index is 11.5. The molecule has 1 fully saturated rings. The minimum Gasteiger partial charge on any atom is -0.444 e. The first-order valence-electron chi connectivity index (χ1n) is 6.89. The molecule has 1 rings (SSSR count). The van der Waals surface area contributed by atoms with Gasteiger partial charge in [-0.2, -0.15) is 0 Å². The van der Waals surface area contributed by atoms with Crippen LogP contribution < -0.4 is 10.6 Å². The zero-order valence-corrected chi connectivity index (χ0v) is 13.1. The number of amides is 4. The van der Waals surface area contributed by atoms with E-state index >= 15 is 0 Å². The van der Waals surface area contributed by atoms with Crippen LogP contribution >= 0.6 is 0 Å². The average molecular weight is 315 g/mol. The average Bonchev–Trinajstić information content (AvgIpc) is 2.65. The van der Waals surface area contributed by atoms with E-state index in [0.717, 1.165) is 0 Å². The van der Waals surface area contributed by atoms with Crippen LogP contribution in [0.5, 0.6) is 0 Å². The lowest BCUT2D eigenvalue weighted by atomic mass is 10.2. The van der Waals surface area contributed by atoms with Gasteiger partial charge in [-0.3, -0.25) is 9.59 Å². The van der Waals surface area contributed by atoms with Gasteiger partial charge in [-0.1, -0.05) is 0 Å². The molecule has 9 nitrogen and oxygen atoms in total. The van der Waals surface area contributed by atoms with Crippen molar-refractivity contribution in [3.8, 4) is 0 Å². The third-order valence-corrected chi connectivity index (χ3v) is 2.50. The molecule has 2 N–H and O–H groups in total. The van der Waals surface area contributed by atoms with Crippen molar-refractivity contribution >= 4 is 24.0 Å². The summed E-state index contributed by atoms with van der Waals surface area (Å²) in [6, 6.07) is -0.424. The number of carbonyl (C=O) groups excluding carboxylic acids is 4. The van der Waals surface area contributed by atoms with Crippen molar-refractivity contribution in [1.82, 2.24) is 15.7 Å². The van der Waals surface area contributed by atoms with E-state index in [2.05, 4.69) is 15.5 Å². The van der Waals surface area contributed by atoms with E-state index in [9.17, 15) is 19.2 Å². The summed E-state index contributed by atoms with van der Waals surface area (Å²) in [6.07, 6.45) is -1.49. The van der Waals surface area contributed by atoms with Gasteiger partial charge < -0.3 is 20.2 Å². The van der Waals surface area contributed by atoms with Gasteiger partial charge in [0, 0.05) is 25.4 Å². The normalized spacial score (nSPS) is 16.3. The Morgan fingerprint density at radius 1 is 1.18 bits per heavy atom. The highest BCUT2D eigenvalue weighted by Gasteiger charge is 2.32. The lowest BCUT2D eigenvalue weighted by Gasteiger charge is -2.22. The molecule has 0 aromatic heterocycles. The van der Waals surface area contributed by atoms with E-state index in [1.54, 1.807) is 27.7 Å². The molecule has 0 aliphatic carbocycles. The van der Waals surface area contributed by atoms with Crippen LogP contribution in [0.1, 0.15) is 40.5 Å². The smallest absolute Gasteiger partial charge is 0.432 e. The molecule has 22 heavy (non-hydrogen) atoms. The highest BCUT2D eigenvalue weighted by molar-refractivity contribution is 6.01. The third-order valence-electron chi connectivity index (χ3n) is 2.50. The zero-order chi connectivity index (χ0) is 16.9. The summed E-state index contributed by atoms with van der Waals surface area (Å²) < 4.78 is 5.06. The van der Waals surface area contributed by atoms with Crippen molar-refractivity contribution in [3.05, 3.63) is 0 Å². The van der Waals surface area contributed by atoms with E-state index in [1.807, 2.05) is 0 Å². The van der Waals surface area contributed by atoms with Crippen LogP contribution in [0, 0.1) is 0 Å². The molecular formula is C13H21N3O6. The van der Waals surface area contributed by atoms with E-state index in [0.29, 0.717) is 5.06 Å². The number of imide groups is 1. The third kappa shape index (κ3) is 5.98. The fourth-order valence-corrected chi connectivity index (χ4v) is 1.57. The van der Waals surface area contributed by atoms with Crippen molar-refractivity contribution in [2.24, 2.45) is 0 Å². The Balaban J connectivity index is 2.30. The number of nitrogens with one attached hydrogen (secondary N) is 2. The lowest BCUT2D eigenvalue weighted by Crippen LogP contribution is -2.45. The fourth-order valence-electron chi connectivity index (χ4n) is 1.57. The second kappa shape index (κ2) is 7.10. The predicted octanol–water partition coefficient (Wildman–Crippen LogP) is 0.690. The fraction of sp³-hybridized carbons (Fsp3) is 0.692. The Morgan fingerprint density at radius 2 is 1.73 bits per heavy atom. The van der Waals surface area contributed by atoms with Crippen LogP contribution in [-0.4, -0.2) is 47.3 Å². The highest BCUT2D eigenvalue weighted by atomic mass is 16.7. The summed E-state index contributed by atoms with van der Waals surface area (Å²) in [6.45, 7) is 6.90. The van der Waals surface area contributed by atoms with Gasteiger partial charge in [0.25, 0.3) is 11.8 Å². The van der Waals surface area contributed by atoms with Crippen LogP contribution in [0.2, 0.25) is 0 Å². The number of carbonyl (C=O) groups is 4. The number of alkyl carbamates (subject to hydrolysis) is 1. The number of nitrogens with zero attached hydrogens (tertiary/aromatic N) is 1. The Bertz CT molecular complexity index is 455. The molecule has 9 heteroatoms. The SMILES string of the molecule is C[C@H](CNC(=O)ON1C(=O)CCC1=O)NC(=O)OC(C)(C)C. The summed E-state index contributed by atoms with van der Waals surface area (Å²) in [5.74, 6) is -1.11. The molecule has 0 spiro atoms. The molecule has 4 amide bonds. The van der Waals surface area contributed by atoms with Gasteiger partial charge in [0.1, 0.15) is 5.60 Å². The molecule has 0 saturated carbocycles. The lowest BCUT2D eigenvalue weighted by molar-refractivity contribution is -0.171. The van der Waals surface area contributed by atoms with Gasteiger partial charge in [0.2, 0.25) is 0 Å².